The number of benzene rings is 1. The predicted molar refractivity (Wildman–Crippen MR) is 63.1 cm³/mol. The molecule has 1 N–H and O–H groups in total. The molecule has 0 saturated carbocycles. The van der Waals surface area contributed by atoms with Crippen LogP contribution in [0, 0.1) is 11.3 Å². The Morgan fingerprint density at radius 2 is 2.12 bits per heavy atom. The first-order valence-corrected chi connectivity index (χ1v) is 5.31. The Kier molecular flexibility index (Phi) is 4.11. The van der Waals surface area contributed by atoms with E-state index in [1.54, 1.807) is 18.2 Å². The predicted octanol–water partition coefficient (Wildman–Crippen LogP) is 2.51. The smallest absolute Gasteiger partial charge is 0.325 e. The Morgan fingerprint density at radius 3 is 2.53 bits per heavy atom. The fourth-order valence-corrected chi connectivity index (χ4v) is 1.60. The molecule has 4 nitrogen and oxygen atoms in total. The molecule has 1 unspecified atom stereocenters. The molecule has 0 radical (unpaired) electrons. The molecule has 4 heteroatoms. The van der Waals surface area contributed by atoms with Gasteiger partial charge in [0.15, 0.2) is 5.92 Å². The van der Waals surface area contributed by atoms with Crippen LogP contribution >= 0.6 is 0 Å². The van der Waals surface area contributed by atoms with E-state index in [0.717, 1.165) is 5.56 Å². The average molecular weight is 233 g/mol. The van der Waals surface area contributed by atoms with Crippen LogP contribution in [0.4, 0.5) is 0 Å². The number of nitriles is 1. The molecule has 17 heavy (non-hydrogen) atoms. The molecule has 0 fully saturated rings. The lowest BCUT2D eigenvalue weighted by Gasteiger charge is -2.14. The highest BCUT2D eigenvalue weighted by atomic mass is 16.5. The molecule has 0 aliphatic rings. The van der Waals surface area contributed by atoms with E-state index in [-0.39, 0.29) is 5.92 Å². The third-order valence-electron chi connectivity index (χ3n) is 2.61. The SMILES string of the molecule is COc1ccc(C(C)C)cc1C(C#N)C(=O)O. The van der Waals surface area contributed by atoms with E-state index in [4.69, 9.17) is 15.1 Å². The molecule has 0 saturated heterocycles. The summed E-state index contributed by atoms with van der Waals surface area (Å²) in [5.41, 5.74) is 1.40. The molecule has 0 heterocycles. The maximum atomic E-state index is 11.0. The number of hydrogen-bond donors (Lipinski definition) is 1. The average Bonchev–Trinajstić information content (AvgIpc) is 2.29. The number of carboxylic acid groups (broad SMARTS) is 1. The van der Waals surface area contributed by atoms with Crippen LogP contribution in [0.25, 0.3) is 0 Å². The highest BCUT2D eigenvalue weighted by Gasteiger charge is 2.23. The van der Waals surface area contributed by atoms with E-state index in [1.807, 2.05) is 19.9 Å². The molecule has 0 spiro atoms. The Bertz CT molecular complexity index is 460. The third kappa shape index (κ3) is 2.76. The van der Waals surface area contributed by atoms with E-state index in [2.05, 4.69) is 0 Å². The van der Waals surface area contributed by atoms with Crippen molar-refractivity contribution in [3.05, 3.63) is 29.3 Å². The largest absolute Gasteiger partial charge is 0.496 e. The van der Waals surface area contributed by atoms with E-state index < -0.39 is 11.9 Å². The summed E-state index contributed by atoms with van der Waals surface area (Å²) in [6.45, 7) is 4.02. The van der Waals surface area contributed by atoms with E-state index in [0.29, 0.717) is 11.3 Å². The van der Waals surface area contributed by atoms with E-state index >= 15 is 0 Å². The maximum Gasteiger partial charge on any atom is 0.325 e. The summed E-state index contributed by atoms with van der Waals surface area (Å²) in [6.07, 6.45) is 0. The zero-order valence-corrected chi connectivity index (χ0v) is 10.1. The summed E-state index contributed by atoms with van der Waals surface area (Å²) in [6, 6.07) is 7.09. The van der Waals surface area contributed by atoms with Crippen molar-refractivity contribution >= 4 is 5.97 Å². The van der Waals surface area contributed by atoms with Gasteiger partial charge in [-0.25, -0.2) is 0 Å². The van der Waals surface area contributed by atoms with E-state index in [1.165, 1.54) is 7.11 Å². The second-order valence-electron chi connectivity index (χ2n) is 4.06. The van der Waals surface area contributed by atoms with Crippen LogP contribution in [0.1, 0.15) is 36.8 Å². The van der Waals surface area contributed by atoms with Gasteiger partial charge in [-0.3, -0.25) is 4.79 Å². The van der Waals surface area contributed by atoms with Gasteiger partial charge in [0.25, 0.3) is 0 Å². The lowest BCUT2D eigenvalue weighted by atomic mass is 9.94. The van der Waals surface area contributed by atoms with Gasteiger partial charge >= 0.3 is 5.97 Å². The Hall–Kier alpha value is -2.02. The van der Waals surface area contributed by atoms with Crippen molar-refractivity contribution in [2.45, 2.75) is 25.7 Å². The normalized spacial score (nSPS) is 11.9. The number of methoxy groups -OCH3 is 1. The van der Waals surface area contributed by atoms with Crippen LogP contribution in [-0.2, 0) is 4.79 Å². The summed E-state index contributed by atoms with van der Waals surface area (Å²) >= 11 is 0. The van der Waals surface area contributed by atoms with Gasteiger partial charge < -0.3 is 9.84 Å². The quantitative estimate of drug-likeness (QED) is 0.867. The summed E-state index contributed by atoms with van der Waals surface area (Å²) in [5.74, 6) is -1.65. The highest BCUT2D eigenvalue weighted by molar-refractivity contribution is 5.80. The molecule has 90 valence electrons. The maximum absolute atomic E-state index is 11.0. The summed E-state index contributed by atoms with van der Waals surface area (Å²) in [7, 11) is 1.46. The van der Waals surface area contributed by atoms with Gasteiger partial charge in [-0.05, 0) is 23.6 Å². The first-order valence-electron chi connectivity index (χ1n) is 5.31. The zero-order chi connectivity index (χ0) is 13.0. The van der Waals surface area contributed by atoms with Crippen molar-refractivity contribution in [2.75, 3.05) is 7.11 Å². The minimum absolute atomic E-state index is 0.271. The molecule has 1 rings (SSSR count). The van der Waals surface area contributed by atoms with Crippen molar-refractivity contribution in [3.8, 4) is 11.8 Å². The van der Waals surface area contributed by atoms with Crippen LogP contribution in [-0.4, -0.2) is 18.2 Å². The first-order chi connectivity index (χ1) is 8.01. The fourth-order valence-electron chi connectivity index (χ4n) is 1.60. The standard InChI is InChI=1S/C13H15NO3/c1-8(2)9-4-5-12(17-3)10(6-9)11(7-14)13(15)16/h4-6,8,11H,1-3H3,(H,15,16). The second-order valence-corrected chi connectivity index (χ2v) is 4.06. The van der Waals surface area contributed by atoms with Gasteiger partial charge in [-0.15, -0.1) is 0 Å². The lowest BCUT2D eigenvalue weighted by molar-refractivity contribution is -0.137. The number of ether oxygens (including phenoxy) is 1. The van der Waals surface area contributed by atoms with Crippen molar-refractivity contribution in [3.63, 3.8) is 0 Å². The van der Waals surface area contributed by atoms with Gasteiger partial charge in [0.2, 0.25) is 0 Å². The molecule has 1 aromatic carbocycles. The topological polar surface area (TPSA) is 70.3 Å². The molecule has 0 aromatic heterocycles. The number of aliphatic carboxylic acids is 1. The first kappa shape index (κ1) is 13.0. The summed E-state index contributed by atoms with van der Waals surface area (Å²) in [5, 5.41) is 17.9. The van der Waals surface area contributed by atoms with Gasteiger partial charge in [-0.2, -0.15) is 5.26 Å². The number of hydrogen-bond acceptors (Lipinski definition) is 3. The summed E-state index contributed by atoms with van der Waals surface area (Å²) in [4.78, 5) is 11.0. The minimum Gasteiger partial charge on any atom is -0.496 e. The number of carbonyl (C=O) groups is 1. The monoisotopic (exact) mass is 233 g/mol. The molecule has 0 bridgehead atoms. The van der Waals surface area contributed by atoms with Crippen molar-refractivity contribution in [1.82, 2.24) is 0 Å². The van der Waals surface area contributed by atoms with Crippen LogP contribution in [0.2, 0.25) is 0 Å². The van der Waals surface area contributed by atoms with Crippen LogP contribution in [0.5, 0.6) is 5.75 Å². The molecule has 0 aliphatic heterocycles. The molecule has 1 atom stereocenters. The number of nitrogens with zero attached hydrogens (tertiary/aromatic N) is 1. The lowest BCUT2D eigenvalue weighted by Crippen LogP contribution is -2.11. The zero-order valence-electron chi connectivity index (χ0n) is 10.1. The van der Waals surface area contributed by atoms with Gasteiger partial charge in [0.1, 0.15) is 5.75 Å². The third-order valence-corrected chi connectivity index (χ3v) is 2.61. The van der Waals surface area contributed by atoms with E-state index in [9.17, 15) is 4.79 Å². The van der Waals surface area contributed by atoms with Crippen molar-refractivity contribution < 1.29 is 14.6 Å². The Morgan fingerprint density at radius 1 is 1.47 bits per heavy atom. The molecular weight excluding hydrogens is 218 g/mol. The minimum atomic E-state index is -1.19. The van der Waals surface area contributed by atoms with Gasteiger partial charge in [-0.1, -0.05) is 19.9 Å². The highest BCUT2D eigenvalue weighted by Crippen LogP contribution is 2.30. The van der Waals surface area contributed by atoms with Crippen molar-refractivity contribution in [2.24, 2.45) is 0 Å². The number of rotatable bonds is 4. The summed E-state index contributed by atoms with van der Waals surface area (Å²) < 4.78 is 5.10. The van der Waals surface area contributed by atoms with Crippen LogP contribution < -0.4 is 4.74 Å². The fraction of sp³-hybridized carbons (Fsp3) is 0.385. The number of carboxylic acids is 1. The Labute approximate surface area is 100 Å². The van der Waals surface area contributed by atoms with Gasteiger partial charge in [0, 0.05) is 5.56 Å². The Balaban J connectivity index is 3.32. The van der Waals surface area contributed by atoms with Gasteiger partial charge in [0.05, 0.1) is 13.2 Å². The molecule has 0 aliphatic carbocycles. The molecular formula is C13H15NO3. The van der Waals surface area contributed by atoms with Crippen molar-refractivity contribution in [1.29, 1.82) is 5.26 Å². The second kappa shape index (κ2) is 5.35. The molecule has 0 amide bonds. The van der Waals surface area contributed by atoms with Crippen LogP contribution in [0.15, 0.2) is 18.2 Å². The van der Waals surface area contributed by atoms with Crippen LogP contribution in [0.3, 0.4) is 0 Å². The molecule has 1 aromatic rings.